The molecule has 1 aliphatic carbocycles. The summed E-state index contributed by atoms with van der Waals surface area (Å²) in [7, 11) is 2.02. The van der Waals surface area contributed by atoms with Crippen molar-refractivity contribution in [2.75, 3.05) is 13.7 Å². The molecule has 0 bridgehead atoms. The first-order valence-corrected chi connectivity index (χ1v) is 7.82. The van der Waals surface area contributed by atoms with Crippen LogP contribution in [0.4, 0.5) is 0 Å². The fraction of sp³-hybridized carbons (Fsp3) is 0.750. The molecule has 1 N–H and O–H groups in total. The number of ether oxygens (including phenoxy) is 1. The van der Waals surface area contributed by atoms with Gasteiger partial charge in [0.15, 0.2) is 5.82 Å². The summed E-state index contributed by atoms with van der Waals surface area (Å²) < 4.78 is 5.82. The molecule has 1 aliphatic rings. The maximum absolute atomic E-state index is 5.82. The van der Waals surface area contributed by atoms with Crippen LogP contribution in [-0.2, 0) is 11.2 Å². The molecule has 1 heterocycles. The van der Waals surface area contributed by atoms with Crippen LogP contribution in [0.2, 0.25) is 0 Å². The minimum Gasteiger partial charge on any atom is -0.370 e. The van der Waals surface area contributed by atoms with Crippen LogP contribution < -0.4 is 5.32 Å². The molecule has 0 saturated carbocycles. The molecule has 4 heteroatoms. The summed E-state index contributed by atoms with van der Waals surface area (Å²) in [5, 5.41) is 3.39. The molecule has 2 atom stereocenters. The minimum atomic E-state index is 0.00147. The topological polar surface area (TPSA) is 47.0 Å². The van der Waals surface area contributed by atoms with E-state index in [1.54, 1.807) is 0 Å². The Kier molecular flexibility index (Phi) is 5.49. The van der Waals surface area contributed by atoms with Crippen molar-refractivity contribution in [1.29, 1.82) is 0 Å². The van der Waals surface area contributed by atoms with Crippen LogP contribution in [0.3, 0.4) is 0 Å². The lowest BCUT2D eigenvalue weighted by molar-refractivity contribution is 0.0230. The highest BCUT2D eigenvalue weighted by Gasteiger charge is 2.23. The van der Waals surface area contributed by atoms with Gasteiger partial charge in [0.05, 0.1) is 0 Å². The highest BCUT2D eigenvalue weighted by Crippen LogP contribution is 2.29. The van der Waals surface area contributed by atoms with E-state index in [4.69, 9.17) is 9.72 Å². The van der Waals surface area contributed by atoms with Crippen molar-refractivity contribution in [3.8, 4) is 0 Å². The van der Waals surface area contributed by atoms with Gasteiger partial charge in [0.25, 0.3) is 0 Å². The first-order chi connectivity index (χ1) is 9.67. The van der Waals surface area contributed by atoms with Crippen molar-refractivity contribution in [2.24, 2.45) is 5.92 Å². The van der Waals surface area contributed by atoms with Gasteiger partial charge in [-0.15, -0.1) is 0 Å². The quantitative estimate of drug-likeness (QED) is 0.840. The Morgan fingerprint density at radius 2 is 2.20 bits per heavy atom. The molecular formula is C16H27N3O. The van der Waals surface area contributed by atoms with Gasteiger partial charge in [0.2, 0.25) is 0 Å². The average Bonchev–Trinajstić information content (AvgIpc) is 2.65. The molecule has 1 aromatic heterocycles. The molecule has 112 valence electrons. The fourth-order valence-electron chi connectivity index (χ4n) is 2.91. The molecule has 4 nitrogen and oxygen atoms in total. The summed E-state index contributed by atoms with van der Waals surface area (Å²) in [4.78, 5) is 9.43. The van der Waals surface area contributed by atoms with Crippen molar-refractivity contribution < 1.29 is 4.74 Å². The Morgan fingerprint density at radius 1 is 1.40 bits per heavy atom. The van der Waals surface area contributed by atoms with E-state index in [-0.39, 0.29) is 6.10 Å². The predicted octanol–water partition coefficient (Wildman–Crippen LogP) is 3.20. The Hall–Kier alpha value is -1.00. The van der Waals surface area contributed by atoms with E-state index in [1.165, 1.54) is 30.5 Å². The molecule has 0 fully saturated rings. The molecule has 2 unspecified atom stereocenters. The van der Waals surface area contributed by atoms with Gasteiger partial charge in [0.1, 0.15) is 6.10 Å². The molecule has 0 amide bonds. The number of nitrogens with one attached hydrogen (secondary N) is 1. The van der Waals surface area contributed by atoms with E-state index in [9.17, 15) is 0 Å². The van der Waals surface area contributed by atoms with Gasteiger partial charge in [-0.1, -0.05) is 20.3 Å². The number of aryl methyl sites for hydroxylation is 1. The zero-order valence-corrected chi connectivity index (χ0v) is 13.1. The average molecular weight is 277 g/mol. The van der Waals surface area contributed by atoms with Crippen molar-refractivity contribution >= 4 is 0 Å². The summed E-state index contributed by atoms with van der Waals surface area (Å²) in [5.41, 5.74) is 2.48. The summed E-state index contributed by atoms with van der Waals surface area (Å²) in [6.07, 6.45) is 6.70. The monoisotopic (exact) mass is 277 g/mol. The van der Waals surface area contributed by atoms with Gasteiger partial charge in [-0.25, -0.2) is 9.97 Å². The Labute approximate surface area is 122 Å². The van der Waals surface area contributed by atoms with E-state index >= 15 is 0 Å². The van der Waals surface area contributed by atoms with Crippen molar-refractivity contribution in [3.05, 3.63) is 23.3 Å². The molecule has 1 aromatic rings. The van der Waals surface area contributed by atoms with Crippen LogP contribution in [0.5, 0.6) is 0 Å². The second-order valence-electron chi connectivity index (χ2n) is 5.84. The largest absolute Gasteiger partial charge is 0.370 e. The number of nitrogens with zero attached hydrogens (tertiary/aromatic N) is 2. The molecule has 0 aromatic carbocycles. The van der Waals surface area contributed by atoms with E-state index in [0.29, 0.717) is 18.6 Å². The normalized spacial score (nSPS) is 20.6. The maximum Gasteiger partial charge on any atom is 0.157 e. The van der Waals surface area contributed by atoms with Crippen molar-refractivity contribution in [2.45, 2.75) is 58.6 Å². The van der Waals surface area contributed by atoms with Crippen molar-refractivity contribution in [1.82, 2.24) is 15.3 Å². The van der Waals surface area contributed by atoms with Gasteiger partial charge in [0, 0.05) is 30.1 Å². The first kappa shape index (κ1) is 15.4. The number of fused-ring (bicyclic) bond motifs is 1. The highest BCUT2D eigenvalue weighted by molar-refractivity contribution is 5.23. The summed E-state index contributed by atoms with van der Waals surface area (Å²) in [6.45, 7) is 7.04. The van der Waals surface area contributed by atoms with E-state index < -0.39 is 0 Å². The van der Waals surface area contributed by atoms with Crippen LogP contribution >= 0.6 is 0 Å². The van der Waals surface area contributed by atoms with E-state index in [2.05, 4.69) is 24.1 Å². The number of hydrogen-bond acceptors (Lipinski definition) is 4. The smallest absolute Gasteiger partial charge is 0.157 e. The van der Waals surface area contributed by atoms with Gasteiger partial charge in [-0.2, -0.15) is 0 Å². The van der Waals surface area contributed by atoms with Crippen molar-refractivity contribution in [3.63, 3.8) is 0 Å². The molecule has 2 rings (SSSR count). The third-order valence-electron chi connectivity index (χ3n) is 4.01. The van der Waals surface area contributed by atoms with Crippen LogP contribution in [-0.4, -0.2) is 23.6 Å². The number of rotatable bonds is 5. The minimum absolute atomic E-state index is 0.00147. The Bertz CT molecular complexity index is 434. The van der Waals surface area contributed by atoms with Gasteiger partial charge in [-0.3, -0.25) is 0 Å². The number of hydrogen-bond donors (Lipinski definition) is 1. The highest BCUT2D eigenvalue weighted by atomic mass is 16.5. The molecule has 0 radical (unpaired) electrons. The molecule has 0 aliphatic heterocycles. The van der Waals surface area contributed by atoms with Crippen LogP contribution in [0.15, 0.2) is 6.20 Å². The molecule has 0 spiro atoms. The van der Waals surface area contributed by atoms with Gasteiger partial charge < -0.3 is 10.1 Å². The SMILES string of the molecule is CCOC(c1ncc2c(n1)CCCCC2NC)C(C)C. The lowest BCUT2D eigenvalue weighted by Gasteiger charge is -2.21. The summed E-state index contributed by atoms with van der Waals surface area (Å²) >= 11 is 0. The van der Waals surface area contributed by atoms with Crippen LogP contribution in [0.1, 0.15) is 69.3 Å². The second-order valence-corrected chi connectivity index (χ2v) is 5.84. The molecule has 20 heavy (non-hydrogen) atoms. The molecular weight excluding hydrogens is 250 g/mol. The van der Waals surface area contributed by atoms with Crippen LogP contribution in [0, 0.1) is 5.92 Å². The second kappa shape index (κ2) is 7.14. The fourth-order valence-corrected chi connectivity index (χ4v) is 2.91. The predicted molar refractivity (Wildman–Crippen MR) is 80.6 cm³/mol. The number of aromatic nitrogens is 2. The lowest BCUT2D eigenvalue weighted by atomic mass is 10.0. The van der Waals surface area contributed by atoms with Gasteiger partial charge >= 0.3 is 0 Å². The third-order valence-corrected chi connectivity index (χ3v) is 4.01. The lowest BCUT2D eigenvalue weighted by Crippen LogP contribution is -2.20. The summed E-state index contributed by atoms with van der Waals surface area (Å²) in [5.74, 6) is 1.23. The first-order valence-electron chi connectivity index (χ1n) is 7.82. The Balaban J connectivity index is 2.32. The summed E-state index contributed by atoms with van der Waals surface area (Å²) in [6, 6.07) is 0.395. The van der Waals surface area contributed by atoms with Gasteiger partial charge in [-0.05, 0) is 39.2 Å². The third kappa shape index (κ3) is 3.36. The standard InChI is InChI=1S/C16H27N3O/c1-5-20-15(11(2)3)16-18-10-12-13(17-4)8-6-7-9-14(12)19-16/h10-11,13,15,17H,5-9H2,1-4H3. The Morgan fingerprint density at radius 3 is 2.85 bits per heavy atom. The zero-order valence-electron chi connectivity index (χ0n) is 13.1. The van der Waals surface area contributed by atoms with E-state index in [0.717, 1.165) is 12.2 Å². The zero-order chi connectivity index (χ0) is 14.5. The maximum atomic E-state index is 5.82. The molecule has 0 saturated heterocycles. The van der Waals surface area contributed by atoms with Crippen LogP contribution in [0.25, 0.3) is 0 Å². The van der Waals surface area contributed by atoms with E-state index in [1.807, 2.05) is 20.2 Å².